The van der Waals surface area contributed by atoms with Crippen molar-refractivity contribution in [3.8, 4) is 0 Å². The summed E-state index contributed by atoms with van der Waals surface area (Å²) in [5.41, 5.74) is 1.43. The molecule has 1 nitrogen and oxygen atoms in total. The predicted octanol–water partition coefficient (Wildman–Crippen LogP) is 13.9. The first kappa shape index (κ1) is 38.2. The molecule has 1 rings (SSSR count). The average Bonchev–Trinajstić information content (AvgIpc) is 3.00. The minimum absolute atomic E-state index is 0.699. The van der Waals surface area contributed by atoms with Crippen molar-refractivity contribution >= 4 is 0 Å². The van der Waals surface area contributed by atoms with Gasteiger partial charge in [0.1, 0.15) is 0 Å². The Bertz CT molecular complexity index is 564. The van der Waals surface area contributed by atoms with Crippen molar-refractivity contribution in [1.29, 1.82) is 0 Å². The molecule has 0 bridgehead atoms. The van der Waals surface area contributed by atoms with Crippen molar-refractivity contribution in [2.75, 3.05) is 0 Å². The van der Waals surface area contributed by atoms with Crippen molar-refractivity contribution in [1.82, 2.24) is 5.32 Å². The summed E-state index contributed by atoms with van der Waals surface area (Å²) in [6, 6.07) is 11.7. The summed E-state index contributed by atoms with van der Waals surface area (Å²) in [7, 11) is 0. The molecule has 41 heavy (non-hydrogen) atoms. The van der Waals surface area contributed by atoms with Gasteiger partial charge in [0.25, 0.3) is 0 Å². The molecule has 0 amide bonds. The zero-order valence-electron chi connectivity index (χ0n) is 28.4. The molecular formula is C40H75N. The molecule has 0 aliphatic rings. The maximum atomic E-state index is 3.93. The molecule has 0 unspecified atom stereocenters. The Labute approximate surface area is 259 Å². The van der Waals surface area contributed by atoms with Crippen LogP contribution in [-0.2, 0) is 6.54 Å². The minimum atomic E-state index is 0.699. The lowest BCUT2D eigenvalue weighted by Gasteiger charge is -2.19. The Balaban J connectivity index is 2.03. The van der Waals surface area contributed by atoms with E-state index in [-0.39, 0.29) is 0 Å². The van der Waals surface area contributed by atoms with E-state index in [0.29, 0.717) is 6.04 Å². The van der Waals surface area contributed by atoms with Crippen molar-refractivity contribution in [3.63, 3.8) is 0 Å². The van der Waals surface area contributed by atoms with E-state index in [1.807, 2.05) is 0 Å². The standard InChI is InChI=1S/C40H75N/c1-3-5-7-9-11-13-15-17-19-21-23-25-27-32-36-40(41-38-39-34-30-29-31-35-39)37-33-28-26-24-22-20-18-16-14-12-10-8-6-4-2/h29-31,34-35,40-41H,3-28,32-33,36-38H2,1-2H3. The quantitative estimate of drug-likeness (QED) is 0.0830. The fourth-order valence-electron chi connectivity index (χ4n) is 6.38. The fourth-order valence-corrected chi connectivity index (χ4v) is 6.38. The van der Waals surface area contributed by atoms with E-state index >= 15 is 0 Å². The molecule has 0 aliphatic heterocycles. The molecule has 1 N–H and O–H groups in total. The fraction of sp³-hybridized carbons (Fsp3) is 0.850. The highest BCUT2D eigenvalue weighted by Crippen LogP contribution is 2.17. The molecular weight excluding hydrogens is 494 g/mol. The largest absolute Gasteiger partial charge is 0.310 e. The highest BCUT2D eigenvalue weighted by atomic mass is 14.9. The Morgan fingerprint density at radius 2 is 0.683 bits per heavy atom. The van der Waals surface area contributed by atoms with Gasteiger partial charge >= 0.3 is 0 Å². The van der Waals surface area contributed by atoms with Crippen molar-refractivity contribution < 1.29 is 0 Å². The van der Waals surface area contributed by atoms with Crippen LogP contribution in [0.15, 0.2) is 30.3 Å². The lowest BCUT2D eigenvalue weighted by Crippen LogP contribution is -2.28. The van der Waals surface area contributed by atoms with Crippen LogP contribution in [0.5, 0.6) is 0 Å². The van der Waals surface area contributed by atoms with Gasteiger partial charge in [-0.15, -0.1) is 0 Å². The van der Waals surface area contributed by atoms with E-state index in [1.54, 1.807) is 0 Å². The van der Waals surface area contributed by atoms with E-state index in [0.717, 1.165) is 6.54 Å². The van der Waals surface area contributed by atoms with Crippen molar-refractivity contribution in [2.24, 2.45) is 0 Å². The molecule has 240 valence electrons. The molecule has 0 aromatic heterocycles. The highest BCUT2D eigenvalue weighted by Gasteiger charge is 2.08. The van der Waals surface area contributed by atoms with Crippen LogP contribution in [0.25, 0.3) is 0 Å². The summed E-state index contributed by atoms with van der Waals surface area (Å²) in [5.74, 6) is 0. The Kier molecular flexibility index (Phi) is 29.9. The van der Waals surface area contributed by atoms with Gasteiger partial charge in [-0.3, -0.25) is 0 Å². The summed E-state index contributed by atoms with van der Waals surface area (Å²) in [4.78, 5) is 0. The molecule has 0 saturated heterocycles. The monoisotopic (exact) mass is 570 g/mol. The van der Waals surface area contributed by atoms with Crippen LogP contribution in [0.1, 0.15) is 212 Å². The normalized spacial score (nSPS) is 11.6. The van der Waals surface area contributed by atoms with Crippen LogP contribution in [-0.4, -0.2) is 6.04 Å². The molecule has 0 fully saturated rings. The van der Waals surface area contributed by atoms with Gasteiger partial charge in [-0.05, 0) is 18.4 Å². The van der Waals surface area contributed by atoms with Gasteiger partial charge in [-0.2, -0.15) is 0 Å². The molecule has 1 aromatic carbocycles. The number of hydrogen-bond donors (Lipinski definition) is 1. The zero-order chi connectivity index (χ0) is 29.3. The second-order valence-electron chi connectivity index (χ2n) is 13.3. The second-order valence-corrected chi connectivity index (χ2v) is 13.3. The lowest BCUT2D eigenvalue weighted by atomic mass is 9.99. The van der Waals surface area contributed by atoms with E-state index in [1.165, 1.54) is 198 Å². The second kappa shape index (κ2) is 32.1. The number of rotatable bonds is 33. The summed E-state index contributed by atoms with van der Waals surface area (Å²) < 4.78 is 0. The maximum absolute atomic E-state index is 3.93. The smallest absolute Gasteiger partial charge is 0.0208 e. The van der Waals surface area contributed by atoms with E-state index in [9.17, 15) is 0 Å². The third kappa shape index (κ3) is 27.7. The molecule has 1 aromatic rings. The number of unbranched alkanes of at least 4 members (excludes halogenated alkanes) is 26. The molecule has 0 saturated carbocycles. The van der Waals surface area contributed by atoms with Crippen molar-refractivity contribution in [2.45, 2.75) is 219 Å². The number of hydrogen-bond acceptors (Lipinski definition) is 1. The average molecular weight is 570 g/mol. The minimum Gasteiger partial charge on any atom is -0.310 e. The summed E-state index contributed by atoms with van der Waals surface area (Å²) >= 11 is 0. The van der Waals surface area contributed by atoms with Gasteiger partial charge in [0.05, 0.1) is 0 Å². The van der Waals surface area contributed by atoms with Gasteiger partial charge in [0, 0.05) is 12.6 Å². The molecule has 0 aliphatic carbocycles. The highest BCUT2D eigenvalue weighted by molar-refractivity contribution is 5.14. The first-order chi connectivity index (χ1) is 20.4. The van der Waals surface area contributed by atoms with E-state index < -0.39 is 0 Å². The zero-order valence-corrected chi connectivity index (χ0v) is 28.4. The van der Waals surface area contributed by atoms with E-state index in [4.69, 9.17) is 0 Å². The van der Waals surface area contributed by atoms with Crippen LogP contribution in [0.4, 0.5) is 0 Å². The number of benzene rings is 1. The Hall–Kier alpha value is -0.820. The third-order valence-electron chi connectivity index (χ3n) is 9.25. The summed E-state index contributed by atoms with van der Waals surface area (Å²) in [6.07, 6.45) is 43.3. The summed E-state index contributed by atoms with van der Waals surface area (Å²) in [6.45, 7) is 5.65. The van der Waals surface area contributed by atoms with Gasteiger partial charge < -0.3 is 5.32 Å². The van der Waals surface area contributed by atoms with Crippen LogP contribution < -0.4 is 5.32 Å². The molecule has 0 spiro atoms. The number of nitrogens with one attached hydrogen (secondary N) is 1. The lowest BCUT2D eigenvalue weighted by molar-refractivity contribution is 0.409. The van der Waals surface area contributed by atoms with Gasteiger partial charge in [0.2, 0.25) is 0 Å². The van der Waals surface area contributed by atoms with E-state index in [2.05, 4.69) is 49.5 Å². The van der Waals surface area contributed by atoms with Gasteiger partial charge in [-0.1, -0.05) is 224 Å². The first-order valence-corrected chi connectivity index (χ1v) is 19.1. The first-order valence-electron chi connectivity index (χ1n) is 19.1. The SMILES string of the molecule is CCCCCCCCCCCCCCCCC(CCCCCCCCCCCCCCCC)NCc1ccccc1. The predicted molar refractivity (Wildman–Crippen MR) is 187 cm³/mol. The van der Waals surface area contributed by atoms with Crippen LogP contribution >= 0.6 is 0 Å². The van der Waals surface area contributed by atoms with Crippen LogP contribution in [0.3, 0.4) is 0 Å². The molecule has 1 heteroatoms. The Morgan fingerprint density at radius 1 is 0.390 bits per heavy atom. The van der Waals surface area contributed by atoms with Crippen LogP contribution in [0.2, 0.25) is 0 Å². The van der Waals surface area contributed by atoms with Gasteiger partial charge in [0.15, 0.2) is 0 Å². The topological polar surface area (TPSA) is 12.0 Å². The van der Waals surface area contributed by atoms with Gasteiger partial charge in [-0.25, -0.2) is 0 Å². The van der Waals surface area contributed by atoms with Crippen LogP contribution in [0, 0.1) is 0 Å². The molecule has 0 radical (unpaired) electrons. The molecule has 0 atom stereocenters. The third-order valence-corrected chi connectivity index (χ3v) is 9.25. The Morgan fingerprint density at radius 3 is 1.00 bits per heavy atom. The maximum Gasteiger partial charge on any atom is 0.0208 e. The molecule has 0 heterocycles. The van der Waals surface area contributed by atoms with Crippen molar-refractivity contribution in [3.05, 3.63) is 35.9 Å². The summed E-state index contributed by atoms with van der Waals surface area (Å²) in [5, 5.41) is 3.93.